The fourth-order valence-corrected chi connectivity index (χ4v) is 3.12. The average Bonchev–Trinajstić information content (AvgIpc) is 2.95. The number of nitrogens with zero attached hydrogens (tertiary/aromatic N) is 3. The zero-order chi connectivity index (χ0) is 13.8. The predicted molar refractivity (Wildman–Crippen MR) is 76.2 cm³/mol. The van der Waals surface area contributed by atoms with Crippen LogP contribution in [0, 0.1) is 17.8 Å². The van der Waals surface area contributed by atoms with E-state index in [9.17, 15) is 0 Å². The minimum atomic E-state index is 0.320. The minimum absolute atomic E-state index is 0.320. The lowest BCUT2D eigenvalue weighted by atomic mass is 9.94. The molecular weight excluding hydrogens is 238 g/mol. The van der Waals surface area contributed by atoms with E-state index >= 15 is 0 Å². The zero-order valence-electron chi connectivity index (χ0n) is 12.3. The Bertz CT molecular complexity index is 387. The number of nitrogens with two attached hydrogens (primary N) is 1. The van der Waals surface area contributed by atoms with Crippen LogP contribution in [0.4, 0.5) is 0 Å². The van der Waals surface area contributed by atoms with Gasteiger partial charge in [-0.3, -0.25) is 11.3 Å². The average molecular weight is 265 g/mol. The van der Waals surface area contributed by atoms with Crippen molar-refractivity contribution in [3.05, 3.63) is 12.2 Å². The summed E-state index contributed by atoms with van der Waals surface area (Å²) in [6.07, 6.45) is 6.40. The number of rotatable bonds is 6. The van der Waals surface area contributed by atoms with Crippen molar-refractivity contribution >= 4 is 0 Å². The van der Waals surface area contributed by atoms with Gasteiger partial charge in [0, 0.05) is 19.0 Å². The number of hydrogen-bond donors (Lipinski definition) is 2. The Morgan fingerprint density at radius 2 is 2.26 bits per heavy atom. The molecule has 5 heteroatoms. The molecule has 0 aromatic carbocycles. The first kappa shape index (κ1) is 14.5. The fraction of sp³-hybridized carbons (Fsp3) is 0.857. The summed E-state index contributed by atoms with van der Waals surface area (Å²) in [6, 6.07) is 0.320. The maximum atomic E-state index is 5.76. The van der Waals surface area contributed by atoms with Gasteiger partial charge in [0.25, 0.3) is 0 Å². The maximum absolute atomic E-state index is 5.76. The summed E-state index contributed by atoms with van der Waals surface area (Å²) in [5, 5.41) is 4.32. The molecule has 1 aromatic heterocycles. The first-order valence-electron chi connectivity index (χ1n) is 7.43. The zero-order valence-corrected chi connectivity index (χ0v) is 12.3. The summed E-state index contributed by atoms with van der Waals surface area (Å²) >= 11 is 0. The van der Waals surface area contributed by atoms with Gasteiger partial charge in [-0.15, -0.1) is 0 Å². The molecule has 0 aliphatic heterocycles. The molecule has 1 aliphatic carbocycles. The Kier molecular flexibility index (Phi) is 4.93. The van der Waals surface area contributed by atoms with Crippen molar-refractivity contribution in [2.45, 2.75) is 59.0 Å². The van der Waals surface area contributed by atoms with Crippen LogP contribution in [0.1, 0.15) is 45.9 Å². The van der Waals surface area contributed by atoms with E-state index in [0.29, 0.717) is 17.9 Å². The molecule has 0 saturated heterocycles. The van der Waals surface area contributed by atoms with E-state index in [1.54, 1.807) is 6.33 Å². The lowest BCUT2D eigenvalue weighted by molar-refractivity contribution is 0.339. The fourth-order valence-electron chi connectivity index (χ4n) is 3.12. The molecule has 1 fully saturated rings. The molecule has 0 bridgehead atoms. The molecule has 0 radical (unpaired) electrons. The molecule has 1 saturated carbocycles. The third-order valence-corrected chi connectivity index (χ3v) is 4.15. The minimum Gasteiger partial charge on any atom is -0.271 e. The summed E-state index contributed by atoms with van der Waals surface area (Å²) in [5.41, 5.74) is 3.00. The molecule has 5 nitrogen and oxygen atoms in total. The van der Waals surface area contributed by atoms with Crippen LogP contribution in [0.25, 0.3) is 0 Å². The lowest BCUT2D eigenvalue weighted by Crippen LogP contribution is -2.42. The molecule has 0 amide bonds. The molecule has 108 valence electrons. The number of hydrogen-bond acceptors (Lipinski definition) is 4. The van der Waals surface area contributed by atoms with Gasteiger partial charge < -0.3 is 0 Å². The van der Waals surface area contributed by atoms with Crippen LogP contribution in [0.3, 0.4) is 0 Å². The van der Waals surface area contributed by atoms with Gasteiger partial charge in [0.15, 0.2) is 0 Å². The van der Waals surface area contributed by atoms with Crippen molar-refractivity contribution in [3.8, 4) is 0 Å². The Hall–Kier alpha value is -0.940. The van der Waals surface area contributed by atoms with Crippen LogP contribution in [0.2, 0.25) is 0 Å². The summed E-state index contributed by atoms with van der Waals surface area (Å²) in [6.45, 7) is 7.65. The number of aromatic nitrogens is 3. The van der Waals surface area contributed by atoms with E-state index in [1.807, 2.05) is 4.68 Å². The van der Waals surface area contributed by atoms with Crippen molar-refractivity contribution in [1.82, 2.24) is 20.2 Å². The standard InChI is InChI=1S/C14H27N5/c1-10(2)8-19-14(16-9-17-19)7-13(18-15)12-5-4-11(3)6-12/h9-13,18H,4-8,15H2,1-3H3. The molecular formula is C14H27N5. The van der Waals surface area contributed by atoms with E-state index < -0.39 is 0 Å². The Balaban J connectivity index is 2.00. The van der Waals surface area contributed by atoms with Gasteiger partial charge >= 0.3 is 0 Å². The summed E-state index contributed by atoms with van der Waals surface area (Å²) in [4.78, 5) is 4.40. The number of hydrazine groups is 1. The van der Waals surface area contributed by atoms with Crippen molar-refractivity contribution in [1.29, 1.82) is 0 Å². The second-order valence-electron chi connectivity index (χ2n) is 6.41. The van der Waals surface area contributed by atoms with Crippen LogP contribution in [0.15, 0.2) is 6.33 Å². The van der Waals surface area contributed by atoms with E-state index in [1.165, 1.54) is 19.3 Å². The molecule has 1 heterocycles. The third-order valence-electron chi connectivity index (χ3n) is 4.15. The Morgan fingerprint density at radius 1 is 1.47 bits per heavy atom. The molecule has 3 N–H and O–H groups in total. The third kappa shape index (κ3) is 3.76. The molecule has 1 aliphatic rings. The van der Waals surface area contributed by atoms with Gasteiger partial charge in [0.1, 0.15) is 12.2 Å². The van der Waals surface area contributed by atoms with Crippen LogP contribution in [-0.4, -0.2) is 20.8 Å². The molecule has 19 heavy (non-hydrogen) atoms. The van der Waals surface area contributed by atoms with Gasteiger partial charge in [-0.2, -0.15) is 5.10 Å². The normalized spacial score (nSPS) is 25.1. The van der Waals surface area contributed by atoms with Gasteiger partial charge in [-0.05, 0) is 30.6 Å². The van der Waals surface area contributed by atoms with Crippen molar-refractivity contribution < 1.29 is 0 Å². The van der Waals surface area contributed by atoms with Crippen LogP contribution in [0.5, 0.6) is 0 Å². The van der Waals surface area contributed by atoms with E-state index in [0.717, 1.165) is 24.7 Å². The topological polar surface area (TPSA) is 68.8 Å². The summed E-state index contributed by atoms with van der Waals surface area (Å²) < 4.78 is 2.02. The van der Waals surface area contributed by atoms with Crippen LogP contribution in [-0.2, 0) is 13.0 Å². The molecule has 3 atom stereocenters. The molecule has 2 rings (SSSR count). The van der Waals surface area contributed by atoms with Gasteiger partial charge in [0.05, 0.1) is 0 Å². The summed E-state index contributed by atoms with van der Waals surface area (Å²) in [5.74, 6) is 8.89. The van der Waals surface area contributed by atoms with Crippen molar-refractivity contribution in [3.63, 3.8) is 0 Å². The largest absolute Gasteiger partial charge is 0.271 e. The SMILES string of the molecule is CC(C)Cn1ncnc1CC(NN)C1CCC(C)C1. The Morgan fingerprint density at radius 3 is 2.84 bits per heavy atom. The smallest absolute Gasteiger partial charge is 0.138 e. The monoisotopic (exact) mass is 265 g/mol. The molecule has 3 unspecified atom stereocenters. The highest BCUT2D eigenvalue weighted by Gasteiger charge is 2.29. The molecule has 1 aromatic rings. The van der Waals surface area contributed by atoms with Gasteiger partial charge in [-0.1, -0.05) is 27.2 Å². The van der Waals surface area contributed by atoms with Gasteiger partial charge in [0.2, 0.25) is 0 Å². The van der Waals surface area contributed by atoms with Crippen molar-refractivity contribution in [2.24, 2.45) is 23.6 Å². The van der Waals surface area contributed by atoms with Crippen molar-refractivity contribution in [2.75, 3.05) is 0 Å². The quantitative estimate of drug-likeness (QED) is 0.607. The first-order valence-corrected chi connectivity index (χ1v) is 7.43. The highest BCUT2D eigenvalue weighted by molar-refractivity contribution is 4.93. The maximum Gasteiger partial charge on any atom is 0.138 e. The van der Waals surface area contributed by atoms with Gasteiger partial charge in [-0.25, -0.2) is 9.67 Å². The number of nitrogens with one attached hydrogen (secondary N) is 1. The predicted octanol–water partition coefficient (Wildman–Crippen LogP) is 1.74. The highest BCUT2D eigenvalue weighted by Crippen LogP contribution is 2.33. The lowest BCUT2D eigenvalue weighted by Gasteiger charge is -2.22. The Labute approximate surface area is 115 Å². The summed E-state index contributed by atoms with van der Waals surface area (Å²) in [7, 11) is 0. The highest BCUT2D eigenvalue weighted by atomic mass is 15.3. The van der Waals surface area contributed by atoms with E-state index in [4.69, 9.17) is 5.84 Å². The molecule has 0 spiro atoms. The second kappa shape index (κ2) is 6.48. The first-order chi connectivity index (χ1) is 9.10. The van der Waals surface area contributed by atoms with Crippen LogP contribution >= 0.6 is 0 Å². The van der Waals surface area contributed by atoms with E-state index in [-0.39, 0.29) is 0 Å². The van der Waals surface area contributed by atoms with E-state index in [2.05, 4.69) is 36.3 Å². The second-order valence-corrected chi connectivity index (χ2v) is 6.41. The van der Waals surface area contributed by atoms with Crippen LogP contribution < -0.4 is 11.3 Å².